The molecule has 0 aliphatic heterocycles. The Balaban J connectivity index is 1.44. The fourth-order valence-electron chi connectivity index (χ4n) is 6.77. The molecule has 0 N–H and O–H groups in total. The number of thiazole rings is 1. The summed E-state index contributed by atoms with van der Waals surface area (Å²) < 4.78 is 7.61. The van der Waals surface area contributed by atoms with E-state index in [0.29, 0.717) is 12.5 Å². The third kappa shape index (κ3) is 2.32. The minimum absolute atomic E-state index is 0.140. The minimum atomic E-state index is -0.140. The van der Waals surface area contributed by atoms with Gasteiger partial charge >= 0.3 is 0 Å². The molecule has 4 fully saturated rings. The molecule has 28 heavy (non-hydrogen) atoms. The highest BCUT2D eigenvalue weighted by Crippen LogP contribution is 2.65. The lowest BCUT2D eigenvalue weighted by Gasteiger charge is -2.29. The molecule has 4 saturated carbocycles. The van der Waals surface area contributed by atoms with Gasteiger partial charge in [0.15, 0.2) is 4.80 Å². The number of carbonyl (C=O) groups excluding carboxylic acids is 1. The number of ether oxygens (including phenoxy) is 1. The van der Waals surface area contributed by atoms with Gasteiger partial charge in [0.1, 0.15) is 0 Å². The molecule has 4 nitrogen and oxygen atoms in total. The van der Waals surface area contributed by atoms with E-state index >= 15 is 0 Å². The molecular weight excluding hydrogens is 368 g/mol. The van der Waals surface area contributed by atoms with Crippen LogP contribution in [-0.2, 0) is 22.5 Å². The summed E-state index contributed by atoms with van der Waals surface area (Å²) in [6.45, 7) is 1.37. The number of hydrogen-bond acceptors (Lipinski definition) is 3. The standard InChI is InChI=1S/C23H26N2O2S/c1-27-7-6-25-20-18-5-3-2-4-16(18)11-19(20)28-22(25)24-21(26)23-12-14-8-15(13-23)10-17(23)9-14/h2-5,14-15,17H,6-13H2,1H3/b24-22-. The van der Waals surface area contributed by atoms with Gasteiger partial charge in [0.25, 0.3) is 5.91 Å². The van der Waals surface area contributed by atoms with Gasteiger partial charge in [-0.05, 0) is 55.4 Å². The second kappa shape index (κ2) is 6.14. The van der Waals surface area contributed by atoms with E-state index < -0.39 is 0 Å². The average molecular weight is 395 g/mol. The Hall–Kier alpha value is -1.72. The van der Waals surface area contributed by atoms with Crippen molar-refractivity contribution >= 4 is 17.2 Å². The van der Waals surface area contributed by atoms with E-state index in [-0.39, 0.29) is 11.3 Å². The molecule has 2 unspecified atom stereocenters. The second-order valence-corrected chi connectivity index (χ2v) is 10.3. The van der Waals surface area contributed by atoms with Crippen LogP contribution in [0, 0.1) is 23.2 Å². The van der Waals surface area contributed by atoms with Crippen molar-refractivity contribution in [2.75, 3.05) is 13.7 Å². The molecule has 2 atom stereocenters. The Bertz CT molecular complexity index is 1020. The lowest BCUT2D eigenvalue weighted by molar-refractivity contribution is -0.129. The van der Waals surface area contributed by atoms with Crippen molar-refractivity contribution in [2.45, 2.75) is 45.1 Å². The van der Waals surface area contributed by atoms with Crippen molar-refractivity contribution in [1.82, 2.24) is 4.57 Å². The third-order valence-corrected chi connectivity index (χ3v) is 8.81. The number of methoxy groups -OCH3 is 1. The number of benzene rings is 1. The van der Waals surface area contributed by atoms with Crippen LogP contribution in [0.4, 0.5) is 0 Å². The number of amides is 1. The number of rotatable bonds is 4. The summed E-state index contributed by atoms with van der Waals surface area (Å²) in [6, 6.07) is 8.60. The molecule has 0 saturated heterocycles. The number of hydrogen-bond donors (Lipinski definition) is 0. The summed E-state index contributed by atoms with van der Waals surface area (Å²) in [6.07, 6.45) is 6.99. The van der Waals surface area contributed by atoms with Crippen molar-refractivity contribution in [1.29, 1.82) is 0 Å². The summed E-state index contributed by atoms with van der Waals surface area (Å²) >= 11 is 1.71. The molecule has 1 aromatic heterocycles. The first kappa shape index (κ1) is 17.2. The van der Waals surface area contributed by atoms with E-state index in [1.165, 1.54) is 41.0 Å². The van der Waals surface area contributed by atoms with Gasteiger partial charge in [-0.25, -0.2) is 0 Å². The van der Waals surface area contributed by atoms with E-state index in [0.717, 1.165) is 42.4 Å². The van der Waals surface area contributed by atoms with Crippen LogP contribution in [-0.4, -0.2) is 24.2 Å². The maximum atomic E-state index is 13.5. The number of fused-ring (bicyclic) bond motifs is 3. The van der Waals surface area contributed by atoms with Gasteiger partial charge in [-0.3, -0.25) is 4.79 Å². The topological polar surface area (TPSA) is 43.6 Å². The fourth-order valence-corrected chi connectivity index (χ4v) is 7.96. The second-order valence-electron chi connectivity index (χ2n) is 9.25. The highest BCUT2D eigenvalue weighted by Gasteiger charge is 2.61. The average Bonchev–Trinajstić information content (AvgIpc) is 3.35. The highest BCUT2D eigenvalue weighted by molar-refractivity contribution is 7.09. The third-order valence-electron chi connectivity index (χ3n) is 7.73. The van der Waals surface area contributed by atoms with Crippen molar-refractivity contribution in [3.63, 3.8) is 0 Å². The number of aromatic nitrogens is 1. The molecular formula is C23H26N2O2S. The van der Waals surface area contributed by atoms with Gasteiger partial charge in [-0.1, -0.05) is 24.3 Å². The molecule has 4 bridgehead atoms. The Morgan fingerprint density at radius 2 is 2.04 bits per heavy atom. The Kier molecular flexibility index (Phi) is 3.76. The zero-order valence-electron chi connectivity index (χ0n) is 16.3. The normalized spacial score (nSPS) is 32.2. The van der Waals surface area contributed by atoms with Gasteiger partial charge in [0, 0.05) is 30.5 Å². The summed E-state index contributed by atoms with van der Waals surface area (Å²) in [4.78, 5) is 20.5. The van der Waals surface area contributed by atoms with Crippen LogP contribution in [0.2, 0.25) is 0 Å². The lowest BCUT2D eigenvalue weighted by atomic mass is 9.75. The molecule has 0 spiro atoms. The lowest BCUT2D eigenvalue weighted by Crippen LogP contribution is -2.33. The summed E-state index contributed by atoms with van der Waals surface area (Å²) in [5.74, 6) is 2.31. The molecule has 5 aliphatic carbocycles. The van der Waals surface area contributed by atoms with E-state index in [1.807, 2.05) is 0 Å². The van der Waals surface area contributed by atoms with E-state index in [1.54, 1.807) is 18.4 Å². The van der Waals surface area contributed by atoms with Crippen molar-refractivity contribution in [3.8, 4) is 11.3 Å². The maximum absolute atomic E-state index is 13.5. The molecule has 1 aromatic carbocycles. The van der Waals surface area contributed by atoms with Crippen LogP contribution in [0.25, 0.3) is 11.3 Å². The van der Waals surface area contributed by atoms with Crippen LogP contribution in [0.15, 0.2) is 29.3 Å². The minimum Gasteiger partial charge on any atom is -0.383 e. The molecule has 5 heteroatoms. The van der Waals surface area contributed by atoms with Gasteiger partial charge in [0.2, 0.25) is 0 Å². The quantitative estimate of drug-likeness (QED) is 0.671. The van der Waals surface area contributed by atoms with Gasteiger partial charge in [-0.15, -0.1) is 11.3 Å². The van der Waals surface area contributed by atoms with Gasteiger partial charge < -0.3 is 9.30 Å². The van der Waals surface area contributed by atoms with Crippen LogP contribution < -0.4 is 4.80 Å². The maximum Gasteiger partial charge on any atom is 0.254 e. The molecule has 2 aromatic rings. The molecule has 146 valence electrons. The van der Waals surface area contributed by atoms with E-state index in [2.05, 4.69) is 28.8 Å². The predicted octanol–water partition coefficient (Wildman–Crippen LogP) is 4.02. The fraction of sp³-hybridized carbons (Fsp3) is 0.565. The Morgan fingerprint density at radius 3 is 2.82 bits per heavy atom. The van der Waals surface area contributed by atoms with Gasteiger partial charge in [-0.2, -0.15) is 4.99 Å². The van der Waals surface area contributed by atoms with Crippen LogP contribution in [0.3, 0.4) is 0 Å². The van der Waals surface area contributed by atoms with Crippen molar-refractivity contribution in [3.05, 3.63) is 39.5 Å². The number of nitrogens with zero attached hydrogens (tertiary/aromatic N) is 2. The summed E-state index contributed by atoms with van der Waals surface area (Å²) in [5, 5.41) is 0. The van der Waals surface area contributed by atoms with Crippen molar-refractivity contribution in [2.24, 2.45) is 28.2 Å². The molecule has 1 amide bonds. The van der Waals surface area contributed by atoms with Crippen LogP contribution in [0.5, 0.6) is 0 Å². The molecule has 0 radical (unpaired) electrons. The zero-order chi connectivity index (χ0) is 18.9. The van der Waals surface area contributed by atoms with Crippen LogP contribution >= 0.6 is 11.3 Å². The van der Waals surface area contributed by atoms with Crippen LogP contribution in [0.1, 0.15) is 42.5 Å². The largest absolute Gasteiger partial charge is 0.383 e. The smallest absolute Gasteiger partial charge is 0.254 e. The summed E-state index contributed by atoms with van der Waals surface area (Å²) in [5.41, 5.74) is 3.77. The molecule has 1 heterocycles. The Labute approximate surface area is 169 Å². The Morgan fingerprint density at radius 1 is 1.25 bits per heavy atom. The molecule has 5 aliphatic rings. The first-order chi connectivity index (χ1) is 13.7. The monoisotopic (exact) mass is 394 g/mol. The predicted molar refractivity (Wildman–Crippen MR) is 109 cm³/mol. The van der Waals surface area contributed by atoms with E-state index in [9.17, 15) is 4.79 Å². The summed E-state index contributed by atoms with van der Waals surface area (Å²) in [7, 11) is 1.73. The SMILES string of the molecule is COCCn1c2c(s/c1=N\C(=O)C13CC4CC(CC1C4)C3)Cc1ccccc1-2. The first-order valence-electron chi connectivity index (χ1n) is 10.6. The van der Waals surface area contributed by atoms with Crippen molar-refractivity contribution < 1.29 is 9.53 Å². The molecule has 7 rings (SSSR count). The van der Waals surface area contributed by atoms with E-state index in [4.69, 9.17) is 9.73 Å². The van der Waals surface area contributed by atoms with Gasteiger partial charge in [0.05, 0.1) is 17.7 Å². The first-order valence-corrected chi connectivity index (χ1v) is 11.4. The number of carbonyl (C=O) groups is 1. The highest BCUT2D eigenvalue weighted by atomic mass is 32.1. The zero-order valence-corrected chi connectivity index (χ0v) is 17.1.